The Bertz CT molecular complexity index is 1510. The topological polar surface area (TPSA) is 62.1 Å². The largest absolute Gasteiger partial charge is 0.497 e. The number of ether oxygens (including phenoxy) is 3. The number of imidazole rings is 1. The second-order valence-corrected chi connectivity index (χ2v) is 8.06. The lowest BCUT2D eigenvalue weighted by atomic mass is 10.2. The maximum absolute atomic E-state index is 13.0. The van der Waals surface area contributed by atoms with Gasteiger partial charge in [-0.3, -0.25) is 4.79 Å². The summed E-state index contributed by atoms with van der Waals surface area (Å²) in [6.07, 6.45) is 1.86. The highest BCUT2D eigenvalue weighted by molar-refractivity contribution is 7.15. The SMILES string of the molecule is COc1cccc(OCCOc2ccccc2/C=c2/sc3nc4ccccc4n3c2=O)c1. The number of hydrogen-bond acceptors (Lipinski definition) is 6. The van der Waals surface area contributed by atoms with E-state index in [2.05, 4.69) is 4.98 Å². The first-order valence-electron chi connectivity index (χ1n) is 10.1. The van der Waals surface area contributed by atoms with Crippen molar-refractivity contribution in [3.05, 3.63) is 93.2 Å². The Morgan fingerprint density at radius 2 is 1.72 bits per heavy atom. The molecule has 5 rings (SSSR count). The molecule has 0 aliphatic heterocycles. The summed E-state index contributed by atoms with van der Waals surface area (Å²) in [6.45, 7) is 0.748. The van der Waals surface area contributed by atoms with Gasteiger partial charge in [0.25, 0.3) is 5.56 Å². The summed E-state index contributed by atoms with van der Waals surface area (Å²) >= 11 is 1.37. The van der Waals surface area contributed by atoms with Crippen molar-refractivity contribution in [2.75, 3.05) is 20.3 Å². The lowest BCUT2D eigenvalue weighted by molar-refractivity contribution is 0.216. The van der Waals surface area contributed by atoms with Gasteiger partial charge >= 0.3 is 0 Å². The van der Waals surface area contributed by atoms with Gasteiger partial charge in [-0.1, -0.05) is 47.7 Å². The van der Waals surface area contributed by atoms with Crippen LogP contribution in [0.4, 0.5) is 0 Å². The molecule has 0 spiro atoms. The first-order chi connectivity index (χ1) is 15.7. The third-order valence-electron chi connectivity index (χ3n) is 5.00. The van der Waals surface area contributed by atoms with Gasteiger partial charge in [-0.2, -0.15) is 0 Å². The molecule has 0 aliphatic carbocycles. The van der Waals surface area contributed by atoms with Crippen molar-refractivity contribution in [3.63, 3.8) is 0 Å². The van der Waals surface area contributed by atoms with Gasteiger partial charge in [-0.15, -0.1) is 0 Å². The Morgan fingerprint density at radius 1 is 0.938 bits per heavy atom. The summed E-state index contributed by atoms with van der Waals surface area (Å²) < 4.78 is 19.2. The summed E-state index contributed by atoms with van der Waals surface area (Å²) in [7, 11) is 1.62. The van der Waals surface area contributed by atoms with Gasteiger partial charge < -0.3 is 14.2 Å². The molecular formula is C25H20N2O4S. The maximum Gasteiger partial charge on any atom is 0.274 e. The molecule has 0 saturated carbocycles. The number of rotatable bonds is 7. The van der Waals surface area contributed by atoms with Crippen LogP contribution < -0.4 is 24.3 Å². The van der Waals surface area contributed by atoms with E-state index in [1.165, 1.54) is 11.3 Å². The van der Waals surface area contributed by atoms with Gasteiger partial charge in [0.1, 0.15) is 30.5 Å². The van der Waals surface area contributed by atoms with Crippen LogP contribution in [0.2, 0.25) is 0 Å². The minimum Gasteiger partial charge on any atom is -0.497 e. The van der Waals surface area contributed by atoms with Gasteiger partial charge in [-0.05, 0) is 36.4 Å². The Kier molecular flexibility index (Phi) is 5.47. The fourth-order valence-electron chi connectivity index (χ4n) is 3.49. The summed E-state index contributed by atoms with van der Waals surface area (Å²) in [5.74, 6) is 2.15. The third kappa shape index (κ3) is 3.90. The first-order valence-corrected chi connectivity index (χ1v) is 10.9. The quantitative estimate of drug-likeness (QED) is 0.356. The number of para-hydroxylation sites is 3. The molecule has 0 aliphatic rings. The second-order valence-electron chi connectivity index (χ2n) is 7.05. The minimum absolute atomic E-state index is 0.0742. The van der Waals surface area contributed by atoms with Crippen LogP contribution >= 0.6 is 11.3 Å². The maximum atomic E-state index is 13.0. The lowest BCUT2D eigenvalue weighted by Crippen LogP contribution is -2.22. The average molecular weight is 445 g/mol. The van der Waals surface area contributed by atoms with Crippen molar-refractivity contribution in [1.29, 1.82) is 0 Å². The van der Waals surface area contributed by atoms with Crippen LogP contribution in [-0.2, 0) is 0 Å². The van der Waals surface area contributed by atoms with Crippen LogP contribution in [0.5, 0.6) is 17.2 Å². The van der Waals surface area contributed by atoms with Crippen molar-refractivity contribution >= 4 is 33.4 Å². The number of nitrogens with zero attached hydrogens (tertiary/aromatic N) is 2. The Balaban J connectivity index is 1.36. The number of hydrogen-bond donors (Lipinski definition) is 0. The molecule has 0 saturated heterocycles. The van der Waals surface area contributed by atoms with Crippen molar-refractivity contribution in [2.45, 2.75) is 0 Å². The van der Waals surface area contributed by atoms with Crippen LogP contribution in [0.15, 0.2) is 77.6 Å². The van der Waals surface area contributed by atoms with E-state index in [1.807, 2.05) is 78.9 Å². The van der Waals surface area contributed by atoms with Crippen LogP contribution in [0.3, 0.4) is 0 Å². The zero-order chi connectivity index (χ0) is 21.9. The third-order valence-corrected chi connectivity index (χ3v) is 5.97. The van der Waals surface area contributed by atoms with Gasteiger partial charge in [0.15, 0.2) is 4.96 Å². The summed E-state index contributed by atoms with van der Waals surface area (Å²) in [5, 5.41) is 0. The highest BCUT2D eigenvalue weighted by atomic mass is 32.1. The smallest absolute Gasteiger partial charge is 0.274 e. The van der Waals surface area contributed by atoms with E-state index in [0.29, 0.717) is 28.5 Å². The van der Waals surface area contributed by atoms with Crippen LogP contribution in [0, 0.1) is 0 Å². The summed E-state index contributed by atoms with van der Waals surface area (Å²) in [6, 6.07) is 22.7. The Hall–Kier alpha value is -3.84. The van der Waals surface area contributed by atoms with Crippen LogP contribution in [0.25, 0.3) is 22.1 Å². The summed E-state index contributed by atoms with van der Waals surface area (Å²) in [4.78, 5) is 18.3. The monoisotopic (exact) mass is 444 g/mol. The number of benzene rings is 3. The van der Waals surface area contributed by atoms with E-state index in [4.69, 9.17) is 14.2 Å². The molecule has 0 amide bonds. The fraction of sp³-hybridized carbons (Fsp3) is 0.120. The lowest BCUT2D eigenvalue weighted by Gasteiger charge is -2.11. The van der Waals surface area contributed by atoms with E-state index in [9.17, 15) is 4.79 Å². The van der Waals surface area contributed by atoms with Crippen molar-refractivity contribution in [1.82, 2.24) is 9.38 Å². The molecule has 0 N–H and O–H groups in total. The van der Waals surface area contributed by atoms with Crippen molar-refractivity contribution in [3.8, 4) is 17.2 Å². The molecule has 7 heteroatoms. The number of aromatic nitrogens is 2. The van der Waals surface area contributed by atoms with E-state index >= 15 is 0 Å². The van der Waals surface area contributed by atoms with E-state index in [-0.39, 0.29) is 5.56 Å². The number of methoxy groups -OCH3 is 1. The Morgan fingerprint density at radius 3 is 2.62 bits per heavy atom. The minimum atomic E-state index is -0.0742. The predicted octanol–water partition coefficient (Wildman–Crippen LogP) is 3.92. The molecule has 0 bridgehead atoms. The molecule has 160 valence electrons. The fourth-order valence-corrected chi connectivity index (χ4v) is 4.46. The van der Waals surface area contributed by atoms with Gasteiger partial charge in [0.05, 0.1) is 22.7 Å². The van der Waals surface area contributed by atoms with Gasteiger partial charge in [0, 0.05) is 11.6 Å². The molecule has 0 unspecified atom stereocenters. The molecule has 2 aromatic heterocycles. The average Bonchev–Trinajstić information content (AvgIpc) is 3.34. The molecule has 32 heavy (non-hydrogen) atoms. The molecule has 2 heterocycles. The van der Waals surface area contributed by atoms with E-state index in [0.717, 1.165) is 28.1 Å². The molecule has 3 aromatic carbocycles. The standard InChI is InChI=1S/C25H20N2O4S/c1-29-18-8-6-9-19(16-18)30-13-14-31-22-12-5-2-7-17(22)15-23-24(28)27-21-11-4-3-10-20(21)26-25(27)32-23/h2-12,15-16H,13-14H2,1H3/b23-15+. The zero-order valence-electron chi connectivity index (χ0n) is 17.4. The molecule has 6 nitrogen and oxygen atoms in total. The molecular weight excluding hydrogens is 424 g/mol. The van der Waals surface area contributed by atoms with Gasteiger partial charge in [-0.25, -0.2) is 9.38 Å². The molecule has 0 radical (unpaired) electrons. The number of fused-ring (bicyclic) bond motifs is 3. The zero-order valence-corrected chi connectivity index (χ0v) is 18.2. The highest BCUT2D eigenvalue weighted by Gasteiger charge is 2.11. The van der Waals surface area contributed by atoms with Crippen molar-refractivity contribution in [2.24, 2.45) is 0 Å². The van der Waals surface area contributed by atoms with E-state index < -0.39 is 0 Å². The van der Waals surface area contributed by atoms with Crippen LogP contribution in [0.1, 0.15) is 5.56 Å². The first kappa shape index (κ1) is 20.1. The van der Waals surface area contributed by atoms with E-state index in [1.54, 1.807) is 11.5 Å². The second kappa shape index (κ2) is 8.72. The molecule has 0 fully saturated rings. The van der Waals surface area contributed by atoms with Crippen molar-refractivity contribution < 1.29 is 14.2 Å². The number of thiazole rings is 1. The molecule has 5 aromatic rings. The Labute approximate surface area is 187 Å². The predicted molar refractivity (Wildman–Crippen MR) is 126 cm³/mol. The molecule has 0 atom stereocenters. The van der Waals surface area contributed by atoms with Crippen LogP contribution in [-0.4, -0.2) is 29.7 Å². The van der Waals surface area contributed by atoms with Gasteiger partial charge in [0.2, 0.25) is 0 Å². The highest BCUT2D eigenvalue weighted by Crippen LogP contribution is 2.21. The summed E-state index contributed by atoms with van der Waals surface area (Å²) in [5.41, 5.74) is 2.40. The normalized spacial score (nSPS) is 11.8.